The molecule has 0 aromatic heterocycles. The monoisotopic (exact) mass is 283 g/mol. The molecule has 19 heavy (non-hydrogen) atoms. The summed E-state index contributed by atoms with van der Waals surface area (Å²) in [5.41, 5.74) is 6.72. The second-order valence-electron chi connectivity index (χ2n) is 4.31. The van der Waals surface area contributed by atoms with Gasteiger partial charge in [-0.25, -0.2) is 0 Å². The van der Waals surface area contributed by atoms with Gasteiger partial charge in [-0.2, -0.15) is 0 Å². The first kappa shape index (κ1) is 15.3. The Morgan fingerprint density at radius 2 is 2.26 bits per heavy atom. The van der Waals surface area contributed by atoms with E-state index in [4.69, 9.17) is 22.5 Å². The quantitative estimate of drug-likeness (QED) is 0.335. The van der Waals surface area contributed by atoms with Crippen molar-refractivity contribution in [2.75, 3.05) is 0 Å². The normalized spacial score (nSPS) is 13.1. The maximum Gasteiger partial charge on any atom is 0.253 e. The van der Waals surface area contributed by atoms with Crippen LogP contribution in [0, 0.1) is 6.92 Å². The summed E-state index contributed by atoms with van der Waals surface area (Å²) in [6, 6.07) is 5.09. The first-order valence-corrected chi connectivity index (χ1v) is 6.39. The van der Waals surface area contributed by atoms with Gasteiger partial charge in [0.1, 0.15) is 5.84 Å². The van der Waals surface area contributed by atoms with Gasteiger partial charge < -0.3 is 16.3 Å². The minimum atomic E-state index is -0.258. The summed E-state index contributed by atoms with van der Waals surface area (Å²) in [5, 5.41) is 14.7. The number of hydrogen-bond acceptors (Lipinski definition) is 3. The van der Waals surface area contributed by atoms with E-state index in [1.54, 1.807) is 12.1 Å². The molecule has 0 radical (unpaired) electrons. The molecule has 4 N–H and O–H groups in total. The summed E-state index contributed by atoms with van der Waals surface area (Å²) in [4.78, 5) is 12.1. The third-order valence-electron chi connectivity index (χ3n) is 2.85. The van der Waals surface area contributed by atoms with Crippen LogP contribution in [-0.4, -0.2) is 23.0 Å². The molecule has 1 unspecified atom stereocenters. The molecule has 1 rings (SSSR count). The number of carbonyl (C=O) groups excluding carboxylic acids is 1. The molecule has 0 aliphatic carbocycles. The number of amides is 1. The molecule has 1 aromatic rings. The van der Waals surface area contributed by atoms with E-state index in [2.05, 4.69) is 10.5 Å². The number of halogens is 1. The highest BCUT2D eigenvalue weighted by Crippen LogP contribution is 2.20. The number of rotatable bonds is 5. The fraction of sp³-hybridized carbons (Fsp3) is 0.385. The maximum absolute atomic E-state index is 12.1. The predicted molar refractivity (Wildman–Crippen MR) is 75.8 cm³/mol. The second kappa shape index (κ2) is 6.99. The number of hydrogen-bond donors (Lipinski definition) is 3. The van der Waals surface area contributed by atoms with Gasteiger partial charge in [-0.1, -0.05) is 35.8 Å². The van der Waals surface area contributed by atoms with Crippen molar-refractivity contribution >= 4 is 23.3 Å². The van der Waals surface area contributed by atoms with E-state index in [0.717, 1.165) is 5.56 Å². The first-order valence-electron chi connectivity index (χ1n) is 6.02. The number of carbonyl (C=O) groups is 1. The molecule has 0 saturated heterocycles. The lowest BCUT2D eigenvalue weighted by Gasteiger charge is -2.17. The summed E-state index contributed by atoms with van der Waals surface area (Å²) in [5.74, 6) is -0.172. The molecule has 0 aliphatic rings. The summed E-state index contributed by atoms with van der Waals surface area (Å²) < 4.78 is 0. The summed E-state index contributed by atoms with van der Waals surface area (Å²) >= 11 is 6.10. The minimum Gasteiger partial charge on any atom is -0.409 e. The lowest BCUT2D eigenvalue weighted by Crippen LogP contribution is -2.37. The summed E-state index contributed by atoms with van der Waals surface area (Å²) in [7, 11) is 0. The minimum absolute atomic E-state index is 0.0856. The van der Waals surface area contributed by atoms with Gasteiger partial charge in [0.05, 0.1) is 10.6 Å². The van der Waals surface area contributed by atoms with Crippen LogP contribution in [-0.2, 0) is 0 Å². The second-order valence-corrected chi connectivity index (χ2v) is 4.69. The van der Waals surface area contributed by atoms with Crippen molar-refractivity contribution in [3.8, 4) is 0 Å². The van der Waals surface area contributed by atoms with E-state index >= 15 is 0 Å². The van der Waals surface area contributed by atoms with Crippen LogP contribution in [0.15, 0.2) is 23.4 Å². The highest BCUT2D eigenvalue weighted by atomic mass is 35.5. The van der Waals surface area contributed by atoms with Crippen molar-refractivity contribution in [1.29, 1.82) is 0 Å². The van der Waals surface area contributed by atoms with Gasteiger partial charge in [0.15, 0.2) is 0 Å². The molecule has 6 heteroatoms. The lowest BCUT2D eigenvalue weighted by molar-refractivity contribution is 0.0937. The Morgan fingerprint density at radius 3 is 2.84 bits per heavy atom. The molecule has 1 atom stereocenters. The SMILES string of the molecule is CCC(C/C(N)=N/O)NC(=O)c1cccc(C)c1Cl. The van der Waals surface area contributed by atoms with E-state index in [0.29, 0.717) is 23.4 Å². The van der Waals surface area contributed by atoms with Crippen LogP contribution >= 0.6 is 11.6 Å². The van der Waals surface area contributed by atoms with E-state index in [9.17, 15) is 4.79 Å². The van der Waals surface area contributed by atoms with Gasteiger partial charge in [-0.3, -0.25) is 4.79 Å². The zero-order chi connectivity index (χ0) is 14.4. The molecular weight excluding hydrogens is 266 g/mol. The average molecular weight is 284 g/mol. The van der Waals surface area contributed by atoms with Crippen molar-refractivity contribution in [1.82, 2.24) is 5.32 Å². The highest BCUT2D eigenvalue weighted by molar-refractivity contribution is 6.34. The molecule has 0 spiro atoms. The number of aryl methyl sites for hydroxylation is 1. The largest absolute Gasteiger partial charge is 0.409 e. The Balaban J connectivity index is 2.80. The Morgan fingerprint density at radius 1 is 1.58 bits per heavy atom. The van der Waals surface area contributed by atoms with Gasteiger partial charge in [0, 0.05) is 12.5 Å². The molecule has 0 aliphatic heterocycles. The topological polar surface area (TPSA) is 87.7 Å². The van der Waals surface area contributed by atoms with Crippen LogP contribution < -0.4 is 11.1 Å². The Hall–Kier alpha value is -1.75. The van der Waals surface area contributed by atoms with Crippen molar-refractivity contribution in [3.63, 3.8) is 0 Å². The average Bonchev–Trinajstić information content (AvgIpc) is 2.40. The number of oxime groups is 1. The van der Waals surface area contributed by atoms with E-state index < -0.39 is 0 Å². The molecule has 1 aromatic carbocycles. The van der Waals surface area contributed by atoms with Crippen molar-refractivity contribution in [2.45, 2.75) is 32.7 Å². The Bertz CT molecular complexity index is 489. The molecule has 1 amide bonds. The van der Waals surface area contributed by atoms with Gasteiger partial charge in [-0.15, -0.1) is 0 Å². The van der Waals surface area contributed by atoms with Crippen LogP contribution in [0.3, 0.4) is 0 Å². The summed E-state index contributed by atoms with van der Waals surface area (Å²) in [6.45, 7) is 3.75. The number of nitrogens with one attached hydrogen (secondary N) is 1. The maximum atomic E-state index is 12.1. The number of nitrogens with two attached hydrogens (primary N) is 1. The zero-order valence-corrected chi connectivity index (χ0v) is 11.7. The third-order valence-corrected chi connectivity index (χ3v) is 3.35. The molecule has 0 bridgehead atoms. The van der Waals surface area contributed by atoms with Crippen molar-refractivity contribution < 1.29 is 10.0 Å². The van der Waals surface area contributed by atoms with Gasteiger partial charge in [-0.05, 0) is 25.0 Å². The number of nitrogens with zero attached hydrogens (tertiary/aromatic N) is 1. The van der Waals surface area contributed by atoms with E-state index in [-0.39, 0.29) is 17.8 Å². The van der Waals surface area contributed by atoms with Crippen LogP contribution in [0.2, 0.25) is 5.02 Å². The molecule has 5 nitrogen and oxygen atoms in total. The van der Waals surface area contributed by atoms with Gasteiger partial charge in [0.2, 0.25) is 0 Å². The highest BCUT2D eigenvalue weighted by Gasteiger charge is 2.16. The van der Waals surface area contributed by atoms with Crippen LogP contribution in [0.1, 0.15) is 35.7 Å². The number of amidine groups is 1. The molecule has 0 saturated carbocycles. The first-order chi connectivity index (χ1) is 8.99. The van der Waals surface area contributed by atoms with Crippen LogP contribution in [0.5, 0.6) is 0 Å². The van der Waals surface area contributed by atoms with Crippen molar-refractivity contribution in [2.24, 2.45) is 10.9 Å². The fourth-order valence-corrected chi connectivity index (χ4v) is 1.89. The van der Waals surface area contributed by atoms with Crippen molar-refractivity contribution in [3.05, 3.63) is 34.3 Å². The van der Waals surface area contributed by atoms with Crippen LogP contribution in [0.25, 0.3) is 0 Å². The van der Waals surface area contributed by atoms with E-state index in [1.807, 2.05) is 19.9 Å². The standard InChI is InChI=1S/C13H18ClN3O2/c1-3-9(7-11(15)17-19)16-13(18)10-6-4-5-8(2)12(10)14/h4-6,9,19H,3,7H2,1-2H3,(H2,15,17)(H,16,18). The molecule has 0 heterocycles. The number of benzene rings is 1. The molecule has 0 fully saturated rings. The summed E-state index contributed by atoms with van der Waals surface area (Å²) in [6.07, 6.45) is 0.966. The lowest BCUT2D eigenvalue weighted by atomic mass is 10.1. The molecule has 104 valence electrons. The van der Waals surface area contributed by atoms with Gasteiger partial charge in [0.25, 0.3) is 5.91 Å². The van der Waals surface area contributed by atoms with E-state index in [1.165, 1.54) is 0 Å². The van der Waals surface area contributed by atoms with Crippen LogP contribution in [0.4, 0.5) is 0 Å². The van der Waals surface area contributed by atoms with Gasteiger partial charge >= 0.3 is 0 Å². The Labute approximate surface area is 117 Å². The fourth-order valence-electron chi connectivity index (χ4n) is 1.68. The molecular formula is C13H18ClN3O2. The Kier molecular flexibility index (Phi) is 5.63. The third kappa shape index (κ3) is 4.13. The zero-order valence-electron chi connectivity index (χ0n) is 11.0. The predicted octanol–water partition coefficient (Wildman–Crippen LogP) is 2.29. The smallest absolute Gasteiger partial charge is 0.253 e.